The minimum atomic E-state index is 0.435. The Hall–Kier alpha value is -1.53. The van der Waals surface area contributed by atoms with E-state index in [9.17, 15) is 0 Å². The number of nitriles is 1. The molecule has 1 atom stereocenters. The molecule has 0 saturated heterocycles. The Morgan fingerprint density at radius 2 is 2.05 bits per heavy atom. The van der Waals surface area contributed by atoms with Crippen molar-refractivity contribution < 1.29 is 0 Å². The van der Waals surface area contributed by atoms with E-state index in [0.717, 1.165) is 31.7 Å². The molecule has 1 rings (SSSR count). The van der Waals surface area contributed by atoms with Gasteiger partial charge in [-0.1, -0.05) is 19.9 Å². The summed E-state index contributed by atoms with van der Waals surface area (Å²) in [5.41, 5.74) is 1.75. The zero-order valence-corrected chi connectivity index (χ0v) is 12.3. The summed E-state index contributed by atoms with van der Waals surface area (Å²) in [5.74, 6) is 0. The lowest BCUT2D eigenvalue weighted by Gasteiger charge is -2.20. The minimum absolute atomic E-state index is 0.435. The number of hydrogen-bond donors (Lipinski definition) is 1. The summed E-state index contributed by atoms with van der Waals surface area (Å²) in [5, 5.41) is 12.3. The van der Waals surface area contributed by atoms with Crippen molar-refractivity contribution in [2.45, 2.75) is 39.7 Å². The minimum Gasteiger partial charge on any atom is -0.383 e. The van der Waals surface area contributed by atoms with Crippen LogP contribution in [0.25, 0.3) is 0 Å². The quantitative estimate of drug-likeness (QED) is 0.777. The topological polar surface area (TPSA) is 39.1 Å². The maximum Gasteiger partial charge on any atom is 0.0992 e. The third-order valence-electron chi connectivity index (χ3n) is 3.41. The highest BCUT2D eigenvalue weighted by atomic mass is 15.1. The summed E-state index contributed by atoms with van der Waals surface area (Å²) in [6.45, 7) is 10.0. The third-order valence-corrected chi connectivity index (χ3v) is 3.41. The van der Waals surface area contributed by atoms with Crippen molar-refractivity contribution in [2.24, 2.45) is 0 Å². The maximum atomic E-state index is 8.87. The van der Waals surface area contributed by atoms with E-state index in [1.54, 1.807) is 0 Å². The van der Waals surface area contributed by atoms with Crippen LogP contribution in [0.2, 0.25) is 0 Å². The highest BCUT2D eigenvalue weighted by Crippen LogP contribution is 2.13. The average molecular weight is 259 g/mol. The number of rotatable bonds is 8. The molecule has 0 aliphatic carbocycles. The van der Waals surface area contributed by atoms with Crippen molar-refractivity contribution in [1.82, 2.24) is 4.90 Å². The fraction of sp³-hybridized carbons (Fsp3) is 0.562. The predicted molar refractivity (Wildman–Crippen MR) is 81.3 cm³/mol. The molecular formula is C16H25N3. The van der Waals surface area contributed by atoms with Crippen molar-refractivity contribution in [2.75, 3.05) is 25.0 Å². The Morgan fingerprint density at radius 3 is 2.68 bits per heavy atom. The molecule has 0 radical (unpaired) electrons. The fourth-order valence-electron chi connectivity index (χ4n) is 2.20. The monoisotopic (exact) mass is 259 g/mol. The second-order valence-corrected chi connectivity index (χ2v) is 4.91. The first-order valence-electron chi connectivity index (χ1n) is 7.18. The standard InChI is InChI=1S/C16H25N3/c1-4-19(5-2)11-7-8-14(3)18-16-10-6-9-15(12-16)13-17/h6,9-10,12,14,18H,4-5,7-8,11H2,1-3H3. The summed E-state index contributed by atoms with van der Waals surface area (Å²) in [6.07, 6.45) is 2.35. The molecule has 0 aliphatic heterocycles. The van der Waals surface area contributed by atoms with Gasteiger partial charge in [-0.2, -0.15) is 5.26 Å². The Labute approximate surface area is 117 Å². The van der Waals surface area contributed by atoms with E-state index in [2.05, 4.69) is 37.1 Å². The lowest BCUT2D eigenvalue weighted by Crippen LogP contribution is -2.25. The third kappa shape index (κ3) is 5.76. The van der Waals surface area contributed by atoms with Gasteiger partial charge in [-0.25, -0.2) is 0 Å². The van der Waals surface area contributed by atoms with Crippen molar-refractivity contribution >= 4 is 5.69 Å². The van der Waals surface area contributed by atoms with Gasteiger partial charge in [-0.15, -0.1) is 0 Å². The van der Waals surface area contributed by atoms with E-state index < -0.39 is 0 Å². The van der Waals surface area contributed by atoms with Crippen LogP contribution in [0, 0.1) is 11.3 Å². The molecule has 3 heteroatoms. The van der Waals surface area contributed by atoms with E-state index >= 15 is 0 Å². The number of anilines is 1. The summed E-state index contributed by atoms with van der Waals surface area (Å²) in [4.78, 5) is 2.45. The first-order chi connectivity index (χ1) is 9.19. The van der Waals surface area contributed by atoms with Crippen LogP contribution in [0.5, 0.6) is 0 Å². The van der Waals surface area contributed by atoms with E-state index in [1.807, 2.05) is 24.3 Å². The van der Waals surface area contributed by atoms with Crippen LogP contribution in [-0.2, 0) is 0 Å². The molecule has 1 N–H and O–H groups in total. The molecule has 0 aromatic heterocycles. The van der Waals surface area contributed by atoms with Crippen LogP contribution in [0.1, 0.15) is 39.2 Å². The van der Waals surface area contributed by atoms with Gasteiger partial charge >= 0.3 is 0 Å². The Balaban J connectivity index is 2.34. The van der Waals surface area contributed by atoms with Crippen LogP contribution in [0.3, 0.4) is 0 Å². The second kappa shape index (κ2) is 8.55. The van der Waals surface area contributed by atoms with Gasteiger partial charge in [0, 0.05) is 11.7 Å². The van der Waals surface area contributed by atoms with Crippen molar-refractivity contribution in [3.8, 4) is 6.07 Å². The second-order valence-electron chi connectivity index (χ2n) is 4.91. The SMILES string of the molecule is CCN(CC)CCCC(C)Nc1cccc(C#N)c1. The number of nitrogens with zero attached hydrogens (tertiary/aromatic N) is 2. The molecule has 1 unspecified atom stereocenters. The van der Waals surface area contributed by atoms with Crippen LogP contribution in [0.15, 0.2) is 24.3 Å². The molecule has 1 aromatic rings. The Kier molecular flexibility index (Phi) is 6.99. The normalized spacial score (nSPS) is 12.2. The zero-order valence-electron chi connectivity index (χ0n) is 12.3. The van der Waals surface area contributed by atoms with Crippen LogP contribution >= 0.6 is 0 Å². The average Bonchev–Trinajstić information content (AvgIpc) is 2.44. The Bertz CT molecular complexity index is 405. The molecule has 0 fully saturated rings. The van der Waals surface area contributed by atoms with Crippen LogP contribution < -0.4 is 5.32 Å². The number of benzene rings is 1. The van der Waals surface area contributed by atoms with E-state index in [4.69, 9.17) is 5.26 Å². The highest BCUT2D eigenvalue weighted by molar-refractivity contribution is 5.49. The molecule has 19 heavy (non-hydrogen) atoms. The maximum absolute atomic E-state index is 8.87. The molecular weight excluding hydrogens is 234 g/mol. The summed E-state index contributed by atoms with van der Waals surface area (Å²) in [6, 6.07) is 10.3. The van der Waals surface area contributed by atoms with Crippen LogP contribution in [-0.4, -0.2) is 30.6 Å². The first-order valence-corrected chi connectivity index (χ1v) is 7.18. The Morgan fingerprint density at radius 1 is 1.32 bits per heavy atom. The molecule has 0 heterocycles. The highest BCUT2D eigenvalue weighted by Gasteiger charge is 2.04. The van der Waals surface area contributed by atoms with Gasteiger partial charge in [0.05, 0.1) is 11.6 Å². The molecule has 0 bridgehead atoms. The summed E-state index contributed by atoms with van der Waals surface area (Å²) in [7, 11) is 0. The van der Waals surface area contributed by atoms with Gasteiger partial charge in [0.1, 0.15) is 0 Å². The lowest BCUT2D eigenvalue weighted by atomic mass is 10.1. The number of nitrogens with one attached hydrogen (secondary N) is 1. The smallest absolute Gasteiger partial charge is 0.0992 e. The van der Waals surface area contributed by atoms with Gasteiger partial charge in [0.25, 0.3) is 0 Å². The van der Waals surface area contributed by atoms with E-state index in [1.165, 1.54) is 6.42 Å². The zero-order chi connectivity index (χ0) is 14.1. The number of hydrogen-bond acceptors (Lipinski definition) is 3. The van der Waals surface area contributed by atoms with Gasteiger partial charge in [-0.3, -0.25) is 0 Å². The van der Waals surface area contributed by atoms with Crippen molar-refractivity contribution in [1.29, 1.82) is 5.26 Å². The molecule has 0 amide bonds. The molecule has 1 aromatic carbocycles. The predicted octanol–water partition coefficient (Wildman–Crippen LogP) is 3.48. The summed E-state index contributed by atoms with van der Waals surface area (Å²) < 4.78 is 0. The van der Waals surface area contributed by atoms with Gasteiger partial charge < -0.3 is 10.2 Å². The molecule has 0 aliphatic rings. The van der Waals surface area contributed by atoms with Gasteiger partial charge in [0.2, 0.25) is 0 Å². The van der Waals surface area contributed by atoms with Gasteiger partial charge in [-0.05, 0) is 57.6 Å². The molecule has 0 spiro atoms. The van der Waals surface area contributed by atoms with Gasteiger partial charge in [0.15, 0.2) is 0 Å². The molecule has 3 nitrogen and oxygen atoms in total. The van der Waals surface area contributed by atoms with Crippen molar-refractivity contribution in [3.05, 3.63) is 29.8 Å². The first kappa shape index (κ1) is 15.5. The molecule has 0 saturated carbocycles. The fourth-order valence-corrected chi connectivity index (χ4v) is 2.20. The lowest BCUT2D eigenvalue weighted by molar-refractivity contribution is 0.295. The van der Waals surface area contributed by atoms with E-state index in [-0.39, 0.29) is 0 Å². The molecule has 104 valence electrons. The summed E-state index contributed by atoms with van der Waals surface area (Å²) >= 11 is 0. The van der Waals surface area contributed by atoms with Crippen LogP contribution in [0.4, 0.5) is 5.69 Å². The largest absolute Gasteiger partial charge is 0.383 e. The van der Waals surface area contributed by atoms with E-state index in [0.29, 0.717) is 11.6 Å². The van der Waals surface area contributed by atoms with Crippen molar-refractivity contribution in [3.63, 3.8) is 0 Å².